The van der Waals surface area contributed by atoms with E-state index in [-0.39, 0.29) is 36.8 Å². The fourth-order valence-electron chi connectivity index (χ4n) is 4.65. The Hall–Kier alpha value is -3.87. The van der Waals surface area contributed by atoms with Gasteiger partial charge < -0.3 is 30.1 Å². The molecule has 1 aromatic carbocycles. The number of nitrogens with one attached hydrogen (secondary N) is 2. The molecule has 0 bridgehead atoms. The summed E-state index contributed by atoms with van der Waals surface area (Å²) in [6, 6.07) is 1.71. The quantitative estimate of drug-likeness (QED) is 0.502. The molecule has 0 spiro atoms. The lowest BCUT2D eigenvalue weighted by Crippen LogP contribution is -2.50. The van der Waals surface area contributed by atoms with Gasteiger partial charge in [-0.2, -0.15) is 0 Å². The number of anilines is 2. The summed E-state index contributed by atoms with van der Waals surface area (Å²) in [6.45, 7) is 3.23. The van der Waals surface area contributed by atoms with E-state index in [9.17, 15) is 28.3 Å². The fourth-order valence-corrected chi connectivity index (χ4v) is 4.65. The lowest BCUT2D eigenvalue weighted by molar-refractivity contribution is 0.101. The molecule has 1 aromatic heterocycles. The van der Waals surface area contributed by atoms with Crippen LogP contribution in [0.5, 0.6) is 0 Å². The van der Waals surface area contributed by atoms with Crippen molar-refractivity contribution in [3.05, 3.63) is 63.1 Å². The van der Waals surface area contributed by atoms with Gasteiger partial charge in [0.05, 0.1) is 16.8 Å². The fraction of sp³-hybridized carbons (Fsp3) is 0.400. The van der Waals surface area contributed by atoms with Crippen LogP contribution in [0.2, 0.25) is 0 Å². The number of carbonyl (C=O) groups excluding carboxylic acids is 1. The Bertz CT molecular complexity index is 1350. The van der Waals surface area contributed by atoms with E-state index in [4.69, 9.17) is 0 Å². The van der Waals surface area contributed by atoms with Gasteiger partial charge in [-0.3, -0.25) is 9.59 Å². The number of likely N-dealkylation sites (N-methyl/N-ethyl adjacent to an activating group) is 1. The molecule has 3 heterocycles. The summed E-state index contributed by atoms with van der Waals surface area (Å²) in [5.41, 5.74) is -2.77. The van der Waals surface area contributed by atoms with E-state index in [1.807, 2.05) is 14.0 Å². The van der Waals surface area contributed by atoms with E-state index >= 15 is 8.78 Å². The highest BCUT2D eigenvalue weighted by atomic mass is 19.3. The minimum absolute atomic E-state index is 0.0192. The van der Waals surface area contributed by atoms with Crippen molar-refractivity contribution in [3.8, 4) is 0 Å². The number of H-pyrrole nitrogens is 1. The Balaban J connectivity index is 1.80. The summed E-state index contributed by atoms with van der Waals surface area (Å²) in [4.78, 5) is 42.9. The standard InChI is InChI=1S/C25H27F4N5O4/c1-13-12-34(8-7-32(13)2)18-10-17(26)20(14-3-5-33(6-4-14)25(37)38)21(27)22(18)31-24(36)16-11-30-19(35)9-15(16)23(28)29/h3,9-11,13,23H,4-8,12H2,1-2H3,(H,30,35)(H,31,36)(H,37,38)/t13-/m0/s1. The number of amides is 2. The number of hydrogen-bond acceptors (Lipinski definition) is 5. The number of halogens is 4. The van der Waals surface area contributed by atoms with Gasteiger partial charge in [0.2, 0.25) is 5.56 Å². The number of benzene rings is 1. The van der Waals surface area contributed by atoms with E-state index in [1.165, 1.54) is 6.08 Å². The van der Waals surface area contributed by atoms with Crippen LogP contribution in [0.1, 0.15) is 41.3 Å². The van der Waals surface area contributed by atoms with Crippen LogP contribution in [0.25, 0.3) is 5.57 Å². The van der Waals surface area contributed by atoms with Gasteiger partial charge in [0.15, 0.2) is 5.82 Å². The van der Waals surface area contributed by atoms with Gasteiger partial charge in [-0.15, -0.1) is 0 Å². The Morgan fingerprint density at radius 2 is 1.92 bits per heavy atom. The molecule has 1 fully saturated rings. The summed E-state index contributed by atoms with van der Waals surface area (Å²) in [7, 11) is 1.91. The second-order valence-corrected chi connectivity index (χ2v) is 9.35. The van der Waals surface area contributed by atoms with Crippen LogP contribution < -0.4 is 15.8 Å². The number of rotatable bonds is 5. The first kappa shape index (κ1) is 27.2. The molecule has 1 atom stereocenters. The van der Waals surface area contributed by atoms with Crippen LogP contribution in [-0.2, 0) is 0 Å². The van der Waals surface area contributed by atoms with Crippen molar-refractivity contribution in [2.24, 2.45) is 0 Å². The first-order chi connectivity index (χ1) is 18.0. The number of aromatic nitrogens is 1. The minimum Gasteiger partial charge on any atom is -0.465 e. The monoisotopic (exact) mass is 537 g/mol. The summed E-state index contributed by atoms with van der Waals surface area (Å²) in [5, 5.41) is 11.5. The van der Waals surface area contributed by atoms with Crippen LogP contribution in [0.3, 0.4) is 0 Å². The van der Waals surface area contributed by atoms with E-state index in [0.29, 0.717) is 25.7 Å². The maximum absolute atomic E-state index is 16.1. The average molecular weight is 538 g/mol. The third-order valence-corrected chi connectivity index (χ3v) is 6.97. The van der Waals surface area contributed by atoms with Crippen molar-refractivity contribution in [2.45, 2.75) is 25.8 Å². The second-order valence-electron chi connectivity index (χ2n) is 9.35. The van der Waals surface area contributed by atoms with Gasteiger partial charge in [-0.25, -0.2) is 22.4 Å². The number of alkyl halides is 2. The molecule has 13 heteroatoms. The molecule has 1 saturated heterocycles. The maximum atomic E-state index is 16.1. The lowest BCUT2D eigenvalue weighted by atomic mass is 9.96. The number of aromatic amines is 1. The van der Waals surface area contributed by atoms with Crippen molar-refractivity contribution in [1.29, 1.82) is 0 Å². The maximum Gasteiger partial charge on any atom is 0.407 e. The smallest absolute Gasteiger partial charge is 0.407 e. The molecule has 2 aromatic rings. The molecule has 2 amide bonds. The number of piperazine rings is 1. The Morgan fingerprint density at radius 1 is 1.18 bits per heavy atom. The van der Waals surface area contributed by atoms with Crippen molar-refractivity contribution in [2.75, 3.05) is 50.0 Å². The predicted molar refractivity (Wildman–Crippen MR) is 133 cm³/mol. The molecule has 0 aliphatic carbocycles. The molecule has 9 nitrogen and oxygen atoms in total. The van der Waals surface area contributed by atoms with Gasteiger partial charge in [-0.1, -0.05) is 6.08 Å². The molecular weight excluding hydrogens is 510 g/mol. The lowest BCUT2D eigenvalue weighted by Gasteiger charge is -2.40. The van der Waals surface area contributed by atoms with Crippen LogP contribution >= 0.6 is 0 Å². The summed E-state index contributed by atoms with van der Waals surface area (Å²) >= 11 is 0. The molecular formula is C25H27F4N5O4. The largest absolute Gasteiger partial charge is 0.465 e. The van der Waals surface area contributed by atoms with Gasteiger partial charge >= 0.3 is 6.09 Å². The molecule has 2 aliphatic rings. The average Bonchev–Trinajstić information content (AvgIpc) is 2.87. The van der Waals surface area contributed by atoms with Gasteiger partial charge in [0, 0.05) is 62.7 Å². The van der Waals surface area contributed by atoms with Gasteiger partial charge in [-0.05, 0) is 26.0 Å². The zero-order chi connectivity index (χ0) is 27.7. The van der Waals surface area contributed by atoms with E-state index in [0.717, 1.165) is 17.2 Å². The molecule has 204 valence electrons. The van der Waals surface area contributed by atoms with Crippen molar-refractivity contribution < 1.29 is 32.3 Å². The number of carboxylic acid groups (broad SMARTS) is 1. The Kier molecular flexibility index (Phi) is 7.76. The highest BCUT2D eigenvalue weighted by Crippen LogP contribution is 2.39. The van der Waals surface area contributed by atoms with Crippen LogP contribution in [0.15, 0.2) is 29.2 Å². The first-order valence-corrected chi connectivity index (χ1v) is 11.9. The van der Waals surface area contributed by atoms with Crippen LogP contribution in [0.4, 0.5) is 33.7 Å². The number of carbonyl (C=O) groups is 2. The highest BCUT2D eigenvalue weighted by Gasteiger charge is 2.31. The summed E-state index contributed by atoms with van der Waals surface area (Å²) in [6.07, 6.45) is -2.05. The topological polar surface area (TPSA) is 109 Å². The van der Waals surface area contributed by atoms with Crippen molar-refractivity contribution in [3.63, 3.8) is 0 Å². The highest BCUT2D eigenvalue weighted by molar-refractivity contribution is 6.07. The molecule has 4 rings (SSSR count). The molecule has 0 radical (unpaired) electrons. The molecule has 0 unspecified atom stereocenters. The Morgan fingerprint density at radius 3 is 2.53 bits per heavy atom. The Labute approximate surface area is 215 Å². The van der Waals surface area contributed by atoms with Gasteiger partial charge in [0.1, 0.15) is 11.5 Å². The normalized spacial score (nSPS) is 18.5. The number of hydrogen-bond donors (Lipinski definition) is 3. The minimum atomic E-state index is -3.14. The number of nitrogens with zero attached hydrogens (tertiary/aromatic N) is 3. The van der Waals surface area contributed by atoms with Crippen LogP contribution in [0, 0.1) is 11.6 Å². The summed E-state index contributed by atoms with van der Waals surface area (Å²) < 4.78 is 58.7. The molecule has 0 saturated carbocycles. The third-order valence-electron chi connectivity index (χ3n) is 6.97. The van der Waals surface area contributed by atoms with Gasteiger partial charge in [0.25, 0.3) is 12.3 Å². The molecule has 3 N–H and O–H groups in total. The zero-order valence-electron chi connectivity index (χ0n) is 20.7. The second kappa shape index (κ2) is 10.9. The SMILES string of the molecule is C[C@H]1CN(c2cc(F)c(C3=CCN(C(=O)O)CC3)c(F)c2NC(=O)c2c[nH]c(=O)cc2C(F)F)CCN1C. The van der Waals surface area contributed by atoms with E-state index < -0.39 is 58.0 Å². The van der Waals surface area contributed by atoms with Crippen LogP contribution in [-0.4, -0.2) is 77.7 Å². The molecule has 2 aliphatic heterocycles. The third kappa shape index (κ3) is 5.37. The first-order valence-electron chi connectivity index (χ1n) is 11.9. The van der Waals surface area contributed by atoms with Crippen molar-refractivity contribution in [1.82, 2.24) is 14.8 Å². The summed E-state index contributed by atoms with van der Waals surface area (Å²) in [5.74, 6) is -3.10. The molecule has 38 heavy (non-hydrogen) atoms. The van der Waals surface area contributed by atoms with E-state index in [2.05, 4.69) is 15.2 Å². The zero-order valence-corrected chi connectivity index (χ0v) is 20.7. The van der Waals surface area contributed by atoms with E-state index in [1.54, 1.807) is 4.90 Å². The predicted octanol–water partition coefficient (Wildman–Crippen LogP) is 3.75. The van der Waals surface area contributed by atoms with Crippen molar-refractivity contribution >= 4 is 28.9 Å². The number of pyridine rings is 1.